The number of phenols is 2. The Morgan fingerprint density at radius 3 is 2.34 bits per heavy atom. The maximum absolute atomic E-state index is 13.5. The van der Waals surface area contributed by atoms with Gasteiger partial charge in [0, 0.05) is 24.6 Å². The lowest BCUT2D eigenvalue weighted by atomic mass is 9.99. The van der Waals surface area contributed by atoms with E-state index in [2.05, 4.69) is 10.1 Å². The number of amides is 1. The number of unbranched alkanes of at least 4 members (excludes halogenated alkanes) is 1. The molecule has 2 aromatic rings. The number of aromatic hydroxyl groups is 2. The Bertz CT molecular complexity index is 952. The summed E-state index contributed by atoms with van der Waals surface area (Å²) in [5, 5.41) is 21.7. The van der Waals surface area contributed by atoms with Crippen LogP contribution < -0.4 is 5.32 Å². The van der Waals surface area contributed by atoms with Gasteiger partial charge in [-0.3, -0.25) is 4.79 Å². The van der Waals surface area contributed by atoms with Gasteiger partial charge in [-0.15, -0.1) is 0 Å². The third kappa shape index (κ3) is 5.32. The Labute approximate surface area is 168 Å². The Kier molecular flexibility index (Phi) is 7.33. The van der Waals surface area contributed by atoms with Crippen molar-refractivity contribution >= 4 is 29.2 Å². The first-order chi connectivity index (χ1) is 13.6. The number of rotatable bonds is 7. The highest BCUT2D eigenvalue weighted by molar-refractivity contribution is 6.33. The zero-order chi connectivity index (χ0) is 21.7. The predicted octanol–water partition coefficient (Wildman–Crippen LogP) is 4.31. The fourth-order valence-electron chi connectivity index (χ4n) is 2.67. The van der Waals surface area contributed by atoms with Gasteiger partial charge in [0.15, 0.2) is 11.6 Å². The van der Waals surface area contributed by atoms with Gasteiger partial charge in [0.25, 0.3) is 0 Å². The van der Waals surface area contributed by atoms with Crippen LogP contribution in [0.1, 0.15) is 35.2 Å². The normalized spacial score (nSPS) is 10.7. The summed E-state index contributed by atoms with van der Waals surface area (Å²) in [6.45, 7) is 0. The van der Waals surface area contributed by atoms with Gasteiger partial charge in [-0.1, -0.05) is 11.6 Å². The molecule has 0 aromatic heterocycles. The van der Waals surface area contributed by atoms with Crippen LogP contribution >= 0.6 is 11.6 Å². The number of carbonyl (C=O) groups is 2. The van der Waals surface area contributed by atoms with Crippen molar-refractivity contribution in [2.75, 3.05) is 12.4 Å². The first kappa shape index (κ1) is 22.4. The second kappa shape index (κ2) is 9.51. The molecule has 1 amide bonds. The number of nitrogens with one attached hydrogen (secondary N) is 1. The Morgan fingerprint density at radius 1 is 1.03 bits per heavy atom. The lowest BCUT2D eigenvalue weighted by Gasteiger charge is -2.13. The van der Waals surface area contributed by atoms with E-state index in [-0.39, 0.29) is 35.4 Å². The fourth-order valence-corrected chi connectivity index (χ4v) is 2.91. The molecule has 0 spiro atoms. The molecule has 6 nitrogen and oxygen atoms in total. The molecule has 2 aromatic carbocycles. The maximum atomic E-state index is 13.5. The lowest BCUT2D eigenvalue weighted by molar-refractivity contribution is -0.116. The summed E-state index contributed by atoms with van der Waals surface area (Å²) in [4.78, 5) is 23.8. The van der Waals surface area contributed by atoms with Crippen molar-refractivity contribution in [2.24, 2.45) is 0 Å². The van der Waals surface area contributed by atoms with Crippen molar-refractivity contribution in [1.82, 2.24) is 0 Å². The molecular weight excluding hydrogens is 415 g/mol. The Morgan fingerprint density at radius 2 is 1.69 bits per heavy atom. The molecule has 0 heterocycles. The van der Waals surface area contributed by atoms with Gasteiger partial charge in [-0.25, -0.2) is 18.0 Å². The summed E-state index contributed by atoms with van der Waals surface area (Å²) in [6, 6.07) is 1.79. The van der Waals surface area contributed by atoms with E-state index in [0.717, 1.165) is 13.2 Å². The molecule has 156 valence electrons. The molecule has 0 unspecified atom stereocenters. The average Bonchev–Trinajstić information content (AvgIpc) is 2.66. The number of hydrogen-bond acceptors (Lipinski definition) is 5. The second-order valence-electron chi connectivity index (χ2n) is 6.08. The molecule has 0 atom stereocenters. The van der Waals surface area contributed by atoms with Crippen LogP contribution in [0.15, 0.2) is 18.2 Å². The standard InChI is InChI=1S/C19H17ClF3NO5/c1-29-19(28)17-9(18(20)15(26)8-14(17)25)4-2-3-5-16(27)24-13-7-11(22)10(21)6-12(13)23/h6-8,25-26H,2-5H2,1H3,(H,24,27). The highest BCUT2D eigenvalue weighted by Crippen LogP contribution is 2.37. The number of benzene rings is 2. The summed E-state index contributed by atoms with van der Waals surface area (Å²) in [6.07, 6.45) is 0.594. The van der Waals surface area contributed by atoms with E-state index in [1.54, 1.807) is 0 Å². The van der Waals surface area contributed by atoms with Crippen molar-refractivity contribution in [3.63, 3.8) is 0 Å². The molecule has 0 aliphatic rings. The number of methoxy groups -OCH3 is 1. The van der Waals surface area contributed by atoms with Crippen LogP contribution in [0.2, 0.25) is 5.02 Å². The number of esters is 1. The first-order valence-electron chi connectivity index (χ1n) is 8.41. The summed E-state index contributed by atoms with van der Waals surface area (Å²) in [7, 11) is 1.12. The topological polar surface area (TPSA) is 95.9 Å². The SMILES string of the molecule is COC(=O)c1c(O)cc(O)c(Cl)c1CCCCC(=O)Nc1cc(F)c(F)cc1F. The van der Waals surface area contributed by atoms with Gasteiger partial charge in [0.05, 0.1) is 17.8 Å². The van der Waals surface area contributed by atoms with Crippen LogP contribution in [0, 0.1) is 17.5 Å². The van der Waals surface area contributed by atoms with Gasteiger partial charge in [-0.2, -0.15) is 0 Å². The predicted molar refractivity (Wildman–Crippen MR) is 98.6 cm³/mol. The third-order valence-corrected chi connectivity index (χ3v) is 4.50. The zero-order valence-electron chi connectivity index (χ0n) is 15.2. The van der Waals surface area contributed by atoms with E-state index in [0.29, 0.717) is 18.6 Å². The van der Waals surface area contributed by atoms with Gasteiger partial charge < -0.3 is 20.3 Å². The molecule has 3 N–H and O–H groups in total. The van der Waals surface area contributed by atoms with E-state index in [4.69, 9.17) is 11.6 Å². The fraction of sp³-hybridized carbons (Fsp3) is 0.263. The van der Waals surface area contributed by atoms with Crippen LogP contribution in [-0.2, 0) is 16.0 Å². The molecule has 29 heavy (non-hydrogen) atoms. The molecule has 2 rings (SSSR count). The summed E-state index contributed by atoms with van der Waals surface area (Å²) < 4.78 is 44.2. The van der Waals surface area contributed by atoms with Crippen molar-refractivity contribution < 1.29 is 37.7 Å². The second-order valence-corrected chi connectivity index (χ2v) is 6.45. The first-order valence-corrected chi connectivity index (χ1v) is 8.79. The molecule has 0 saturated heterocycles. The smallest absolute Gasteiger partial charge is 0.341 e. The van der Waals surface area contributed by atoms with Gasteiger partial charge in [0.1, 0.15) is 22.9 Å². The molecular formula is C19H17ClF3NO5. The van der Waals surface area contributed by atoms with Gasteiger partial charge in [0.2, 0.25) is 5.91 Å². The number of ether oxygens (including phenoxy) is 1. The van der Waals surface area contributed by atoms with Crippen LogP contribution in [0.3, 0.4) is 0 Å². The minimum Gasteiger partial charge on any atom is -0.507 e. The Balaban J connectivity index is 2.00. The van der Waals surface area contributed by atoms with Gasteiger partial charge in [-0.05, 0) is 24.8 Å². The van der Waals surface area contributed by atoms with Crippen molar-refractivity contribution in [3.05, 3.63) is 51.8 Å². The van der Waals surface area contributed by atoms with Crippen LogP contribution in [0.5, 0.6) is 11.5 Å². The summed E-state index contributed by atoms with van der Waals surface area (Å²) in [5.41, 5.74) is -0.519. The van der Waals surface area contributed by atoms with E-state index < -0.39 is 46.5 Å². The van der Waals surface area contributed by atoms with E-state index in [9.17, 15) is 33.0 Å². The van der Waals surface area contributed by atoms with E-state index in [1.165, 1.54) is 0 Å². The quantitative estimate of drug-likeness (QED) is 0.345. The van der Waals surface area contributed by atoms with Crippen LogP contribution in [0.4, 0.5) is 18.9 Å². The third-order valence-electron chi connectivity index (χ3n) is 4.08. The van der Waals surface area contributed by atoms with Crippen molar-refractivity contribution in [3.8, 4) is 11.5 Å². The number of phenolic OH excluding ortho intramolecular Hbond substituents is 2. The largest absolute Gasteiger partial charge is 0.507 e. The minimum absolute atomic E-state index is 0.0889. The number of hydrogen-bond donors (Lipinski definition) is 3. The molecule has 0 aliphatic heterocycles. The van der Waals surface area contributed by atoms with Crippen molar-refractivity contribution in [2.45, 2.75) is 25.7 Å². The number of anilines is 1. The van der Waals surface area contributed by atoms with Crippen LogP contribution in [-0.4, -0.2) is 29.2 Å². The Hall–Kier alpha value is -2.94. The van der Waals surface area contributed by atoms with Crippen LogP contribution in [0.25, 0.3) is 0 Å². The molecule has 0 aliphatic carbocycles. The monoisotopic (exact) mass is 431 g/mol. The molecule has 10 heteroatoms. The lowest BCUT2D eigenvalue weighted by Crippen LogP contribution is -2.13. The maximum Gasteiger partial charge on any atom is 0.341 e. The highest BCUT2D eigenvalue weighted by Gasteiger charge is 2.22. The highest BCUT2D eigenvalue weighted by atomic mass is 35.5. The molecule has 0 radical (unpaired) electrons. The number of carbonyl (C=O) groups excluding carboxylic acids is 2. The summed E-state index contributed by atoms with van der Waals surface area (Å²) in [5.74, 6) is -6.16. The van der Waals surface area contributed by atoms with E-state index >= 15 is 0 Å². The minimum atomic E-state index is -1.37. The molecule has 0 saturated carbocycles. The molecule has 0 bridgehead atoms. The van der Waals surface area contributed by atoms with E-state index in [1.807, 2.05) is 0 Å². The zero-order valence-corrected chi connectivity index (χ0v) is 15.9. The molecule has 0 fully saturated rings. The van der Waals surface area contributed by atoms with Gasteiger partial charge >= 0.3 is 5.97 Å². The van der Waals surface area contributed by atoms with Crippen molar-refractivity contribution in [1.29, 1.82) is 0 Å². The number of halogens is 4. The average molecular weight is 432 g/mol. The summed E-state index contributed by atoms with van der Waals surface area (Å²) >= 11 is 6.01.